The van der Waals surface area contributed by atoms with Gasteiger partial charge >= 0.3 is 5.97 Å². The number of nitrogens with two attached hydrogens (primary N) is 1. The van der Waals surface area contributed by atoms with Crippen LogP contribution in [0.25, 0.3) is 0 Å². The first-order valence-corrected chi connectivity index (χ1v) is 9.59. The Morgan fingerprint density at radius 2 is 1.96 bits per heavy atom. The van der Waals surface area contributed by atoms with E-state index in [1.54, 1.807) is 6.07 Å². The van der Waals surface area contributed by atoms with Crippen LogP contribution in [0.1, 0.15) is 61.9 Å². The number of nitrogens with zero attached hydrogens (tertiary/aromatic N) is 2. The summed E-state index contributed by atoms with van der Waals surface area (Å²) in [5.41, 5.74) is 6.32. The van der Waals surface area contributed by atoms with Gasteiger partial charge in [-0.3, -0.25) is 19.4 Å². The molecule has 3 N–H and O–H groups in total. The molecule has 7 nitrogen and oxygen atoms in total. The average Bonchev–Trinajstić information content (AvgIpc) is 3.12. The molecule has 0 aromatic carbocycles. The van der Waals surface area contributed by atoms with Crippen molar-refractivity contribution in [2.75, 3.05) is 26.7 Å². The van der Waals surface area contributed by atoms with Crippen LogP contribution in [0.15, 0.2) is 10.5 Å². The number of likely N-dealkylation sites (tertiary alicyclic amines) is 2. The average molecular weight is 377 g/mol. The molecule has 150 valence electrons. The summed E-state index contributed by atoms with van der Waals surface area (Å²) < 4.78 is 5.76. The number of likely N-dealkylation sites (N-methyl/N-ethyl adjacent to an activating group) is 1. The molecule has 0 bridgehead atoms. The van der Waals surface area contributed by atoms with Crippen LogP contribution in [0.4, 0.5) is 0 Å². The fourth-order valence-electron chi connectivity index (χ4n) is 4.64. The summed E-state index contributed by atoms with van der Waals surface area (Å²) >= 11 is 0. The van der Waals surface area contributed by atoms with Crippen LogP contribution in [0.2, 0.25) is 0 Å². The van der Waals surface area contributed by atoms with Crippen LogP contribution in [-0.2, 0) is 16.8 Å². The van der Waals surface area contributed by atoms with Gasteiger partial charge in [0.15, 0.2) is 5.76 Å². The summed E-state index contributed by atoms with van der Waals surface area (Å²) in [5.74, 6) is -0.240. The zero-order valence-electron chi connectivity index (χ0n) is 16.7. The molecule has 1 aromatic heterocycles. The minimum Gasteiger partial charge on any atom is -0.480 e. The smallest absolute Gasteiger partial charge is 0.320 e. The van der Waals surface area contributed by atoms with Crippen molar-refractivity contribution in [1.82, 2.24) is 9.80 Å². The number of carbonyl (C=O) groups excluding carboxylic acids is 1. The second-order valence-electron chi connectivity index (χ2n) is 9.33. The van der Waals surface area contributed by atoms with E-state index in [-0.39, 0.29) is 22.6 Å². The van der Waals surface area contributed by atoms with Crippen molar-refractivity contribution in [3.05, 3.63) is 23.2 Å². The quantitative estimate of drug-likeness (QED) is 0.833. The van der Waals surface area contributed by atoms with Crippen molar-refractivity contribution >= 4 is 11.9 Å². The monoisotopic (exact) mass is 377 g/mol. The van der Waals surface area contributed by atoms with Crippen LogP contribution < -0.4 is 5.73 Å². The number of piperidine rings is 1. The van der Waals surface area contributed by atoms with Gasteiger partial charge in [-0.15, -0.1) is 0 Å². The summed E-state index contributed by atoms with van der Waals surface area (Å²) in [6, 6.07) is 1.41. The summed E-state index contributed by atoms with van der Waals surface area (Å²) in [7, 11) is 1.91. The Kier molecular flexibility index (Phi) is 5.12. The standard InChI is InChI=1S/C20H31N3O4/c1-19(2,3)16-13(9-15(27-16)17(21)24)11-23-7-5-20(6-8-23)10-14(18(25)26)22(4)12-20/h9,14H,5-8,10-12H2,1-4H3,(H2,21,24)(H,25,26)/t14-/m1/s1. The number of carboxylic acids is 1. The second-order valence-corrected chi connectivity index (χ2v) is 9.33. The zero-order valence-corrected chi connectivity index (χ0v) is 16.7. The number of furan rings is 1. The maximum Gasteiger partial charge on any atom is 0.320 e. The number of rotatable bonds is 4. The molecule has 1 aromatic rings. The third-order valence-electron chi connectivity index (χ3n) is 6.07. The SMILES string of the molecule is CN1CC2(CCN(Cc3cc(C(N)=O)oc3C(C)(C)C)CC2)C[C@@H]1C(=O)O. The number of amides is 1. The topological polar surface area (TPSA) is 100 Å². The van der Waals surface area contributed by atoms with E-state index in [0.29, 0.717) is 0 Å². The fraction of sp³-hybridized carbons (Fsp3) is 0.700. The molecule has 1 amide bonds. The number of carbonyl (C=O) groups is 2. The normalized spacial score (nSPS) is 23.8. The van der Waals surface area contributed by atoms with Crippen molar-refractivity contribution in [2.45, 2.75) is 58.0 Å². The van der Waals surface area contributed by atoms with E-state index in [1.165, 1.54) is 0 Å². The van der Waals surface area contributed by atoms with Crippen LogP contribution in [0.5, 0.6) is 0 Å². The van der Waals surface area contributed by atoms with E-state index in [1.807, 2.05) is 11.9 Å². The molecule has 0 aliphatic carbocycles. The van der Waals surface area contributed by atoms with Crippen molar-refractivity contribution in [2.24, 2.45) is 11.1 Å². The molecule has 27 heavy (non-hydrogen) atoms. The lowest BCUT2D eigenvalue weighted by molar-refractivity contribution is -0.141. The summed E-state index contributed by atoms with van der Waals surface area (Å²) in [6.45, 7) is 9.59. The molecule has 1 atom stereocenters. The van der Waals surface area contributed by atoms with Gasteiger partial charge in [-0.25, -0.2) is 0 Å². The van der Waals surface area contributed by atoms with Crippen LogP contribution in [0.3, 0.4) is 0 Å². The van der Waals surface area contributed by atoms with E-state index in [0.717, 1.165) is 56.8 Å². The van der Waals surface area contributed by atoms with E-state index >= 15 is 0 Å². The van der Waals surface area contributed by atoms with Crippen LogP contribution in [-0.4, -0.2) is 59.5 Å². The van der Waals surface area contributed by atoms with E-state index in [4.69, 9.17) is 10.2 Å². The second kappa shape index (κ2) is 6.95. The number of primary amides is 1. The molecule has 7 heteroatoms. The Morgan fingerprint density at radius 3 is 2.44 bits per heavy atom. The Morgan fingerprint density at radius 1 is 1.33 bits per heavy atom. The minimum atomic E-state index is -0.719. The van der Waals surface area contributed by atoms with E-state index in [9.17, 15) is 14.7 Å². The Balaban J connectivity index is 1.68. The van der Waals surface area contributed by atoms with Crippen LogP contribution >= 0.6 is 0 Å². The molecule has 2 aliphatic heterocycles. The van der Waals surface area contributed by atoms with Gasteiger partial charge in [0.05, 0.1) is 0 Å². The Hall–Kier alpha value is -1.86. The Labute approximate surface area is 160 Å². The molecule has 3 heterocycles. The van der Waals surface area contributed by atoms with E-state index in [2.05, 4.69) is 25.7 Å². The van der Waals surface area contributed by atoms with Gasteiger partial charge in [0.2, 0.25) is 0 Å². The highest BCUT2D eigenvalue weighted by atomic mass is 16.4. The number of carboxylic acid groups (broad SMARTS) is 1. The molecule has 0 radical (unpaired) electrons. The third kappa shape index (κ3) is 4.04. The predicted octanol–water partition coefficient (Wildman–Crippen LogP) is 2.05. The van der Waals surface area contributed by atoms with Gasteiger partial charge in [0.25, 0.3) is 5.91 Å². The summed E-state index contributed by atoms with van der Waals surface area (Å²) in [6.07, 6.45) is 2.72. The molecule has 1 spiro atoms. The molecular weight excluding hydrogens is 346 g/mol. The summed E-state index contributed by atoms with van der Waals surface area (Å²) in [5, 5.41) is 9.40. The van der Waals surface area contributed by atoms with Crippen molar-refractivity contribution in [1.29, 1.82) is 0 Å². The molecule has 0 saturated carbocycles. The largest absolute Gasteiger partial charge is 0.480 e. The van der Waals surface area contributed by atoms with Crippen LogP contribution in [0, 0.1) is 5.41 Å². The van der Waals surface area contributed by atoms with Gasteiger partial charge in [-0.05, 0) is 50.9 Å². The fourth-order valence-corrected chi connectivity index (χ4v) is 4.64. The number of hydrogen-bond acceptors (Lipinski definition) is 5. The zero-order chi connectivity index (χ0) is 20.0. The molecule has 0 unspecified atom stereocenters. The predicted molar refractivity (Wildman–Crippen MR) is 102 cm³/mol. The number of hydrogen-bond donors (Lipinski definition) is 2. The molecule has 2 fully saturated rings. The van der Waals surface area contributed by atoms with Crippen molar-refractivity contribution in [3.63, 3.8) is 0 Å². The maximum absolute atomic E-state index is 11.5. The first-order chi connectivity index (χ1) is 12.5. The first-order valence-electron chi connectivity index (χ1n) is 9.59. The highest BCUT2D eigenvalue weighted by Crippen LogP contribution is 2.43. The highest BCUT2D eigenvalue weighted by molar-refractivity contribution is 5.90. The van der Waals surface area contributed by atoms with Crippen molar-refractivity contribution in [3.8, 4) is 0 Å². The van der Waals surface area contributed by atoms with Crippen molar-refractivity contribution < 1.29 is 19.1 Å². The lowest BCUT2D eigenvalue weighted by atomic mass is 9.76. The maximum atomic E-state index is 11.5. The van der Waals surface area contributed by atoms with E-state index < -0.39 is 11.9 Å². The molecule has 3 rings (SSSR count). The number of aliphatic carboxylic acids is 1. The third-order valence-corrected chi connectivity index (χ3v) is 6.07. The molecule has 2 saturated heterocycles. The highest BCUT2D eigenvalue weighted by Gasteiger charge is 2.46. The van der Waals surface area contributed by atoms with Gasteiger partial charge in [-0.1, -0.05) is 20.8 Å². The molecule has 2 aliphatic rings. The van der Waals surface area contributed by atoms with Gasteiger partial charge < -0.3 is 15.3 Å². The van der Waals surface area contributed by atoms with Gasteiger partial charge in [0, 0.05) is 24.1 Å². The lowest BCUT2D eigenvalue weighted by Gasteiger charge is -2.39. The van der Waals surface area contributed by atoms with Gasteiger partial charge in [-0.2, -0.15) is 0 Å². The summed E-state index contributed by atoms with van der Waals surface area (Å²) in [4.78, 5) is 27.3. The molecular formula is C20H31N3O4. The lowest BCUT2D eigenvalue weighted by Crippen LogP contribution is -2.41. The van der Waals surface area contributed by atoms with Gasteiger partial charge in [0.1, 0.15) is 11.8 Å². The first kappa shape index (κ1) is 19.9. The minimum absolute atomic E-state index is 0.107. The Bertz CT molecular complexity index is 726.